The smallest absolute Gasteiger partial charge is 0.126 e. The molecule has 0 fully saturated rings. The predicted octanol–water partition coefficient (Wildman–Crippen LogP) is 3.37. The molecule has 0 saturated heterocycles. The van der Waals surface area contributed by atoms with E-state index in [0.717, 1.165) is 37.6 Å². The van der Waals surface area contributed by atoms with Crippen LogP contribution in [0.3, 0.4) is 0 Å². The van der Waals surface area contributed by atoms with E-state index in [9.17, 15) is 8.78 Å². The molecule has 21 heavy (non-hydrogen) atoms. The summed E-state index contributed by atoms with van der Waals surface area (Å²) in [5.74, 6) is -1.07. The summed E-state index contributed by atoms with van der Waals surface area (Å²) in [6.07, 6.45) is 4.30. The second-order valence-electron chi connectivity index (χ2n) is 5.19. The summed E-state index contributed by atoms with van der Waals surface area (Å²) in [5.41, 5.74) is 1.76. The molecule has 0 radical (unpaired) electrons. The van der Waals surface area contributed by atoms with Crippen LogP contribution in [0.2, 0.25) is 0 Å². The highest BCUT2D eigenvalue weighted by molar-refractivity contribution is 5.22. The van der Waals surface area contributed by atoms with E-state index in [1.54, 1.807) is 6.20 Å². The van der Waals surface area contributed by atoms with Crippen LogP contribution in [-0.2, 0) is 13.5 Å². The Morgan fingerprint density at radius 1 is 1.24 bits per heavy atom. The van der Waals surface area contributed by atoms with Gasteiger partial charge in [-0.3, -0.25) is 4.68 Å². The summed E-state index contributed by atoms with van der Waals surface area (Å²) in [6.45, 7) is 2.88. The Labute approximate surface area is 124 Å². The Kier molecular flexibility index (Phi) is 5.44. The van der Waals surface area contributed by atoms with Crippen molar-refractivity contribution in [2.24, 2.45) is 7.05 Å². The third-order valence-corrected chi connectivity index (χ3v) is 3.54. The van der Waals surface area contributed by atoms with Crippen LogP contribution in [0.15, 0.2) is 30.5 Å². The molecule has 114 valence electrons. The molecular weight excluding hydrogens is 272 g/mol. The van der Waals surface area contributed by atoms with Gasteiger partial charge in [-0.05, 0) is 49.6 Å². The molecule has 0 spiro atoms. The van der Waals surface area contributed by atoms with Crippen LogP contribution in [0.25, 0.3) is 0 Å². The van der Waals surface area contributed by atoms with Crippen molar-refractivity contribution in [1.29, 1.82) is 0 Å². The third-order valence-electron chi connectivity index (χ3n) is 3.54. The SMILES string of the molecule is CCCNC(CCc1ccnn1C)c1cc(F)cc(F)c1. The van der Waals surface area contributed by atoms with E-state index in [1.165, 1.54) is 12.1 Å². The topological polar surface area (TPSA) is 29.9 Å². The fourth-order valence-electron chi connectivity index (χ4n) is 2.42. The molecule has 1 N–H and O–H groups in total. The van der Waals surface area contributed by atoms with Crippen molar-refractivity contribution in [3.8, 4) is 0 Å². The molecular formula is C16H21F2N3. The van der Waals surface area contributed by atoms with Crippen molar-refractivity contribution in [1.82, 2.24) is 15.1 Å². The molecule has 1 atom stereocenters. The van der Waals surface area contributed by atoms with Crippen molar-refractivity contribution in [2.75, 3.05) is 6.54 Å². The Balaban J connectivity index is 2.11. The molecule has 1 aromatic carbocycles. The largest absolute Gasteiger partial charge is 0.310 e. The summed E-state index contributed by atoms with van der Waals surface area (Å²) in [5, 5.41) is 7.49. The summed E-state index contributed by atoms with van der Waals surface area (Å²) in [4.78, 5) is 0. The van der Waals surface area contributed by atoms with Gasteiger partial charge < -0.3 is 5.32 Å². The summed E-state index contributed by atoms with van der Waals surface area (Å²) < 4.78 is 28.6. The first-order valence-electron chi connectivity index (χ1n) is 7.26. The first-order valence-corrected chi connectivity index (χ1v) is 7.26. The highest BCUT2D eigenvalue weighted by atomic mass is 19.1. The van der Waals surface area contributed by atoms with E-state index in [2.05, 4.69) is 17.3 Å². The number of halogens is 2. The van der Waals surface area contributed by atoms with E-state index in [4.69, 9.17) is 0 Å². The average molecular weight is 293 g/mol. The lowest BCUT2D eigenvalue weighted by atomic mass is 10.0. The van der Waals surface area contributed by atoms with Gasteiger partial charge in [0, 0.05) is 31.0 Å². The molecule has 0 aliphatic rings. The van der Waals surface area contributed by atoms with Crippen LogP contribution in [0, 0.1) is 11.6 Å². The molecule has 0 amide bonds. The third kappa shape index (κ3) is 4.36. The van der Waals surface area contributed by atoms with Crippen LogP contribution in [-0.4, -0.2) is 16.3 Å². The molecule has 5 heteroatoms. The number of aromatic nitrogens is 2. The minimum Gasteiger partial charge on any atom is -0.310 e. The van der Waals surface area contributed by atoms with Crippen LogP contribution in [0.4, 0.5) is 8.78 Å². The van der Waals surface area contributed by atoms with Crippen LogP contribution >= 0.6 is 0 Å². The van der Waals surface area contributed by atoms with Gasteiger partial charge in [-0.15, -0.1) is 0 Å². The van der Waals surface area contributed by atoms with Crippen LogP contribution in [0.5, 0.6) is 0 Å². The Morgan fingerprint density at radius 3 is 2.52 bits per heavy atom. The van der Waals surface area contributed by atoms with E-state index in [0.29, 0.717) is 5.56 Å². The number of rotatable bonds is 7. The molecule has 0 aliphatic carbocycles. The maximum absolute atomic E-state index is 13.4. The lowest BCUT2D eigenvalue weighted by molar-refractivity contribution is 0.483. The zero-order valence-corrected chi connectivity index (χ0v) is 12.4. The van der Waals surface area contributed by atoms with Crippen LogP contribution in [0.1, 0.15) is 37.1 Å². The lowest BCUT2D eigenvalue weighted by Gasteiger charge is -2.19. The quantitative estimate of drug-likeness (QED) is 0.848. The van der Waals surface area contributed by atoms with Gasteiger partial charge in [-0.1, -0.05) is 6.92 Å². The predicted molar refractivity (Wildman–Crippen MR) is 78.9 cm³/mol. The first-order chi connectivity index (χ1) is 10.1. The minimum absolute atomic E-state index is 0.0648. The van der Waals surface area contributed by atoms with E-state index < -0.39 is 11.6 Å². The molecule has 3 nitrogen and oxygen atoms in total. The van der Waals surface area contributed by atoms with Gasteiger partial charge in [0.1, 0.15) is 11.6 Å². The summed E-state index contributed by atoms with van der Waals surface area (Å²) in [6, 6.07) is 5.61. The van der Waals surface area contributed by atoms with Crippen molar-refractivity contribution in [2.45, 2.75) is 32.2 Å². The van der Waals surface area contributed by atoms with Gasteiger partial charge in [0.15, 0.2) is 0 Å². The summed E-state index contributed by atoms with van der Waals surface area (Å²) in [7, 11) is 1.89. The normalized spacial score (nSPS) is 12.6. The second kappa shape index (κ2) is 7.31. The van der Waals surface area contributed by atoms with Crippen molar-refractivity contribution in [3.63, 3.8) is 0 Å². The van der Waals surface area contributed by atoms with Gasteiger partial charge >= 0.3 is 0 Å². The molecule has 0 saturated carbocycles. The highest BCUT2D eigenvalue weighted by Gasteiger charge is 2.14. The maximum atomic E-state index is 13.4. The molecule has 1 unspecified atom stereocenters. The number of aryl methyl sites for hydroxylation is 2. The summed E-state index contributed by atoms with van der Waals surface area (Å²) >= 11 is 0. The zero-order valence-electron chi connectivity index (χ0n) is 12.4. The van der Waals surface area contributed by atoms with Gasteiger partial charge in [0.05, 0.1) is 0 Å². The van der Waals surface area contributed by atoms with Crippen molar-refractivity contribution < 1.29 is 8.78 Å². The Hall–Kier alpha value is -1.75. The number of hydrogen-bond donors (Lipinski definition) is 1. The fourth-order valence-corrected chi connectivity index (χ4v) is 2.42. The number of nitrogens with one attached hydrogen (secondary N) is 1. The molecule has 1 aromatic heterocycles. The van der Waals surface area contributed by atoms with E-state index in [-0.39, 0.29) is 6.04 Å². The van der Waals surface area contributed by atoms with Crippen molar-refractivity contribution in [3.05, 3.63) is 53.4 Å². The zero-order chi connectivity index (χ0) is 15.2. The van der Waals surface area contributed by atoms with Crippen LogP contribution < -0.4 is 5.32 Å². The van der Waals surface area contributed by atoms with E-state index >= 15 is 0 Å². The molecule has 0 bridgehead atoms. The number of hydrogen-bond acceptors (Lipinski definition) is 2. The second-order valence-corrected chi connectivity index (χ2v) is 5.19. The standard InChI is InChI=1S/C16H21F2N3/c1-3-7-19-16(5-4-15-6-8-20-21(15)2)12-9-13(17)11-14(18)10-12/h6,8-11,16,19H,3-5,7H2,1-2H3. The molecule has 0 aliphatic heterocycles. The molecule has 2 rings (SSSR count). The highest BCUT2D eigenvalue weighted by Crippen LogP contribution is 2.21. The lowest BCUT2D eigenvalue weighted by Crippen LogP contribution is -2.23. The van der Waals surface area contributed by atoms with Gasteiger partial charge in [-0.25, -0.2) is 8.78 Å². The molecule has 1 heterocycles. The van der Waals surface area contributed by atoms with Gasteiger partial charge in [0.2, 0.25) is 0 Å². The number of benzene rings is 1. The monoisotopic (exact) mass is 293 g/mol. The van der Waals surface area contributed by atoms with Crippen molar-refractivity contribution >= 4 is 0 Å². The first kappa shape index (κ1) is 15.6. The van der Waals surface area contributed by atoms with E-state index in [1.807, 2.05) is 17.8 Å². The Morgan fingerprint density at radius 2 is 1.95 bits per heavy atom. The Bertz CT molecular complexity index is 560. The van der Waals surface area contributed by atoms with Gasteiger partial charge in [-0.2, -0.15) is 5.10 Å². The molecule has 2 aromatic rings. The maximum Gasteiger partial charge on any atom is 0.126 e. The number of nitrogens with zero attached hydrogens (tertiary/aromatic N) is 2. The average Bonchev–Trinajstić information content (AvgIpc) is 2.83. The minimum atomic E-state index is -0.533. The fraction of sp³-hybridized carbons (Fsp3) is 0.438. The van der Waals surface area contributed by atoms with Gasteiger partial charge in [0.25, 0.3) is 0 Å².